The van der Waals surface area contributed by atoms with Crippen LogP contribution in [0.25, 0.3) is 0 Å². The molecule has 0 aliphatic heterocycles. The predicted molar refractivity (Wildman–Crippen MR) is 94.2 cm³/mol. The summed E-state index contributed by atoms with van der Waals surface area (Å²) in [6, 6.07) is 0. The van der Waals surface area contributed by atoms with Gasteiger partial charge in [-0.2, -0.15) is 0 Å². The summed E-state index contributed by atoms with van der Waals surface area (Å²) >= 11 is 0. The van der Waals surface area contributed by atoms with E-state index >= 15 is 0 Å². The molecule has 0 aromatic heterocycles. The third-order valence-corrected chi connectivity index (χ3v) is 5.54. The SMILES string of the molecule is CCCCC(CC(C)C)C(C)CC(CC)(CC)CCC. The molecule has 0 radical (unpaired) electrons. The second-order valence-electron chi connectivity index (χ2n) is 7.67. The molecule has 0 bridgehead atoms. The van der Waals surface area contributed by atoms with Gasteiger partial charge in [-0.1, -0.05) is 87.0 Å². The van der Waals surface area contributed by atoms with Gasteiger partial charge in [0.25, 0.3) is 0 Å². The highest BCUT2D eigenvalue weighted by Gasteiger charge is 2.30. The molecule has 0 heteroatoms. The monoisotopic (exact) mass is 282 g/mol. The fourth-order valence-corrected chi connectivity index (χ4v) is 4.08. The molecule has 0 nitrogen and oxygen atoms in total. The van der Waals surface area contributed by atoms with Crippen LogP contribution in [0.3, 0.4) is 0 Å². The highest BCUT2D eigenvalue weighted by atomic mass is 14.4. The molecule has 2 atom stereocenters. The molecule has 0 heterocycles. The molecule has 0 spiro atoms. The summed E-state index contributed by atoms with van der Waals surface area (Å²) in [5.74, 6) is 2.70. The van der Waals surface area contributed by atoms with Crippen molar-refractivity contribution in [2.24, 2.45) is 23.2 Å². The van der Waals surface area contributed by atoms with Crippen molar-refractivity contribution >= 4 is 0 Å². The Labute approximate surface area is 130 Å². The molecule has 0 saturated heterocycles. The van der Waals surface area contributed by atoms with Gasteiger partial charge in [-0.05, 0) is 42.4 Å². The maximum Gasteiger partial charge on any atom is -0.0300 e. The van der Waals surface area contributed by atoms with Crippen molar-refractivity contribution in [3.8, 4) is 0 Å². The zero-order valence-corrected chi connectivity index (χ0v) is 15.6. The quantitative estimate of drug-likeness (QED) is 0.348. The van der Waals surface area contributed by atoms with Crippen LogP contribution in [0.2, 0.25) is 0 Å². The Morgan fingerprint density at radius 3 is 1.85 bits per heavy atom. The van der Waals surface area contributed by atoms with Crippen molar-refractivity contribution in [3.05, 3.63) is 0 Å². The Morgan fingerprint density at radius 2 is 1.45 bits per heavy atom. The van der Waals surface area contributed by atoms with Crippen LogP contribution in [0.15, 0.2) is 0 Å². The number of rotatable bonds is 12. The lowest BCUT2D eigenvalue weighted by Gasteiger charge is -2.37. The van der Waals surface area contributed by atoms with E-state index in [-0.39, 0.29) is 0 Å². The van der Waals surface area contributed by atoms with E-state index in [4.69, 9.17) is 0 Å². The van der Waals surface area contributed by atoms with E-state index in [1.165, 1.54) is 57.8 Å². The molecule has 2 unspecified atom stereocenters. The Bertz CT molecular complexity index is 212. The average molecular weight is 283 g/mol. The molecular weight excluding hydrogens is 240 g/mol. The average Bonchev–Trinajstić information content (AvgIpc) is 2.42. The van der Waals surface area contributed by atoms with E-state index in [9.17, 15) is 0 Å². The van der Waals surface area contributed by atoms with E-state index in [0.29, 0.717) is 5.41 Å². The first-order chi connectivity index (χ1) is 9.44. The van der Waals surface area contributed by atoms with Crippen molar-refractivity contribution < 1.29 is 0 Å². The van der Waals surface area contributed by atoms with Crippen LogP contribution in [0.5, 0.6) is 0 Å². The van der Waals surface area contributed by atoms with Gasteiger partial charge in [0.05, 0.1) is 0 Å². The molecule has 0 saturated carbocycles. The molecule has 0 N–H and O–H groups in total. The van der Waals surface area contributed by atoms with Gasteiger partial charge < -0.3 is 0 Å². The lowest BCUT2D eigenvalue weighted by atomic mass is 9.68. The molecule has 0 aromatic carbocycles. The summed E-state index contributed by atoms with van der Waals surface area (Å²) in [6.45, 7) is 16.8. The van der Waals surface area contributed by atoms with Gasteiger partial charge >= 0.3 is 0 Å². The first-order valence-electron chi connectivity index (χ1n) is 9.44. The Balaban J connectivity index is 4.71. The van der Waals surface area contributed by atoms with E-state index in [1.807, 2.05) is 0 Å². The molecule has 0 rings (SSSR count). The van der Waals surface area contributed by atoms with Crippen LogP contribution in [0.1, 0.15) is 106 Å². The molecule has 0 aliphatic rings. The summed E-state index contributed by atoms with van der Waals surface area (Å²) in [5.41, 5.74) is 0.621. The summed E-state index contributed by atoms with van der Waals surface area (Å²) in [5, 5.41) is 0. The van der Waals surface area contributed by atoms with Crippen LogP contribution in [0.4, 0.5) is 0 Å². The highest BCUT2D eigenvalue weighted by molar-refractivity contribution is 4.81. The van der Waals surface area contributed by atoms with Crippen LogP contribution >= 0.6 is 0 Å². The minimum absolute atomic E-state index is 0.621. The van der Waals surface area contributed by atoms with E-state index in [1.54, 1.807) is 0 Å². The zero-order valence-electron chi connectivity index (χ0n) is 15.6. The minimum atomic E-state index is 0.621. The summed E-state index contributed by atoms with van der Waals surface area (Å²) < 4.78 is 0. The summed E-state index contributed by atoms with van der Waals surface area (Å²) in [6.07, 6.45) is 12.6. The van der Waals surface area contributed by atoms with Gasteiger partial charge in [0.2, 0.25) is 0 Å². The topological polar surface area (TPSA) is 0 Å². The molecular formula is C20H42. The van der Waals surface area contributed by atoms with Crippen molar-refractivity contribution in [3.63, 3.8) is 0 Å². The third-order valence-electron chi connectivity index (χ3n) is 5.54. The van der Waals surface area contributed by atoms with Crippen molar-refractivity contribution in [1.82, 2.24) is 0 Å². The zero-order chi connectivity index (χ0) is 15.6. The van der Waals surface area contributed by atoms with Crippen molar-refractivity contribution in [2.75, 3.05) is 0 Å². The fourth-order valence-electron chi connectivity index (χ4n) is 4.08. The van der Waals surface area contributed by atoms with Gasteiger partial charge in [0.15, 0.2) is 0 Å². The molecule has 122 valence electrons. The summed E-state index contributed by atoms with van der Waals surface area (Å²) in [7, 11) is 0. The Morgan fingerprint density at radius 1 is 0.850 bits per heavy atom. The first kappa shape index (κ1) is 20.0. The Kier molecular flexibility index (Phi) is 10.7. The largest absolute Gasteiger partial charge is 0.0654 e. The standard InChI is InChI=1S/C20H42/c1-8-12-13-19(15-17(5)6)18(7)16-20(10-3,11-4)14-9-2/h17-19H,8-16H2,1-7H3. The predicted octanol–water partition coefficient (Wildman–Crippen LogP) is 7.47. The number of hydrogen-bond donors (Lipinski definition) is 0. The molecule has 0 fully saturated rings. The second-order valence-corrected chi connectivity index (χ2v) is 7.67. The summed E-state index contributed by atoms with van der Waals surface area (Å²) in [4.78, 5) is 0. The number of unbranched alkanes of at least 4 members (excludes halogenated alkanes) is 1. The van der Waals surface area contributed by atoms with Crippen LogP contribution in [-0.4, -0.2) is 0 Å². The van der Waals surface area contributed by atoms with Crippen LogP contribution in [0, 0.1) is 23.2 Å². The van der Waals surface area contributed by atoms with Gasteiger partial charge in [0, 0.05) is 0 Å². The molecule has 0 aromatic rings. The van der Waals surface area contributed by atoms with Gasteiger partial charge in [-0.15, -0.1) is 0 Å². The van der Waals surface area contributed by atoms with E-state index in [0.717, 1.165) is 17.8 Å². The third kappa shape index (κ3) is 7.14. The lowest BCUT2D eigenvalue weighted by molar-refractivity contribution is 0.138. The maximum absolute atomic E-state index is 2.54. The van der Waals surface area contributed by atoms with Crippen molar-refractivity contribution in [1.29, 1.82) is 0 Å². The molecule has 0 aliphatic carbocycles. The highest BCUT2D eigenvalue weighted by Crippen LogP contribution is 2.42. The Hall–Kier alpha value is 0. The van der Waals surface area contributed by atoms with Crippen LogP contribution < -0.4 is 0 Å². The van der Waals surface area contributed by atoms with Gasteiger partial charge in [-0.3, -0.25) is 0 Å². The first-order valence-corrected chi connectivity index (χ1v) is 9.44. The van der Waals surface area contributed by atoms with Gasteiger partial charge in [0.1, 0.15) is 0 Å². The van der Waals surface area contributed by atoms with E-state index in [2.05, 4.69) is 48.5 Å². The normalized spacial score (nSPS) is 15.6. The molecule has 20 heavy (non-hydrogen) atoms. The van der Waals surface area contributed by atoms with Gasteiger partial charge in [-0.25, -0.2) is 0 Å². The smallest absolute Gasteiger partial charge is 0.0300 e. The van der Waals surface area contributed by atoms with Crippen molar-refractivity contribution in [2.45, 2.75) is 106 Å². The number of hydrogen-bond acceptors (Lipinski definition) is 0. The maximum atomic E-state index is 2.54. The van der Waals surface area contributed by atoms with Crippen LogP contribution in [-0.2, 0) is 0 Å². The molecule has 0 amide bonds. The lowest BCUT2D eigenvalue weighted by Crippen LogP contribution is -2.26. The minimum Gasteiger partial charge on any atom is -0.0654 e. The fraction of sp³-hybridized carbons (Fsp3) is 1.00. The second kappa shape index (κ2) is 10.7. The van der Waals surface area contributed by atoms with E-state index < -0.39 is 0 Å².